The minimum atomic E-state index is 0.230. The highest BCUT2D eigenvalue weighted by atomic mass is 15.0. The van der Waals surface area contributed by atoms with Gasteiger partial charge in [0.25, 0.3) is 0 Å². The van der Waals surface area contributed by atoms with Crippen LogP contribution in [0.15, 0.2) is 6.07 Å². The van der Waals surface area contributed by atoms with E-state index in [-0.39, 0.29) is 5.41 Å². The lowest BCUT2D eigenvalue weighted by atomic mass is 9.92. The molecule has 1 heterocycles. The topological polar surface area (TPSA) is 37.8 Å². The summed E-state index contributed by atoms with van der Waals surface area (Å²) in [7, 11) is 0. The summed E-state index contributed by atoms with van der Waals surface area (Å²) in [6.45, 7) is 11.8. The number of hydrogen-bond acceptors (Lipinski definition) is 3. The average molecular weight is 235 g/mol. The third kappa shape index (κ3) is 5.16. The number of aryl methyl sites for hydroxylation is 1. The Labute approximate surface area is 105 Å². The highest BCUT2D eigenvalue weighted by Gasteiger charge is 2.14. The molecule has 1 rings (SSSR count). The van der Waals surface area contributed by atoms with Gasteiger partial charge in [0.2, 0.25) is 0 Å². The molecule has 3 nitrogen and oxygen atoms in total. The van der Waals surface area contributed by atoms with Gasteiger partial charge in [-0.3, -0.25) is 0 Å². The van der Waals surface area contributed by atoms with Crippen LogP contribution in [0.4, 0.5) is 5.82 Å². The number of nitrogens with one attached hydrogen (secondary N) is 1. The fraction of sp³-hybridized carbons (Fsp3) is 0.714. The van der Waals surface area contributed by atoms with Gasteiger partial charge in [-0.15, -0.1) is 0 Å². The van der Waals surface area contributed by atoms with E-state index in [4.69, 9.17) is 0 Å². The molecule has 0 amide bonds. The van der Waals surface area contributed by atoms with Gasteiger partial charge in [-0.2, -0.15) is 0 Å². The molecule has 1 aromatic rings. The zero-order valence-electron chi connectivity index (χ0n) is 11.8. The van der Waals surface area contributed by atoms with E-state index >= 15 is 0 Å². The third-order valence-corrected chi connectivity index (χ3v) is 2.38. The van der Waals surface area contributed by atoms with Crippen LogP contribution in [0.3, 0.4) is 0 Å². The maximum atomic E-state index is 4.64. The lowest BCUT2D eigenvalue weighted by molar-refractivity contribution is 0.400. The predicted molar refractivity (Wildman–Crippen MR) is 73.3 cm³/mol. The highest BCUT2D eigenvalue weighted by molar-refractivity contribution is 5.36. The van der Waals surface area contributed by atoms with Crippen LogP contribution in [-0.4, -0.2) is 16.5 Å². The summed E-state index contributed by atoms with van der Waals surface area (Å²) in [5.74, 6) is 1.92. The molecule has 0 aliphatic rings. The molecule has 0 aliphatic carbocycles. The van der Waals surface area contributed by atoms with E-state index in [9.17, 15) is 0 Å². The summed E-state index contributed by atoms with van der Waals surface area (Å²) in [4.78, 5) is 9.21. The Morgan fingerprint density at radius 1 is 1.18 bits per heavy atom. The molecule has 0 saturated heterocycles. The largest absolute Gasteiger partial charge is 0.370 e. The lowest BCUT2D eigenvalue weighted by Gasteiger charge is -2.18. The molecule has 1 N–H and O–H groups in total. The Morgan fingerprint density at radius 2 is 1.88 bits per heavy atom. The first-order valence-electron chi connectivity index (χ1n) is 6.55. The van der Waals surface area contributed by atoms with Crippen molar-refractivity contribution in [3.63, 3.8) is 0 Å². The Balaban J connectivity index is 2.94. The molecular weight excluding hydrogens is 210 g/mol. The van der Waals surface area contributed by atoms with Crippen molar-refractivity contribution in [2.45, 2.75) is 53.9 Å². The molecule has 96 valence electrons. The van der Waals surface area contributed by atoms with Gasteiger partial charge in [0.1, 0.15) is 11.6 Å². The van der Waals surface area contributed by atoms with Gasteiger partial charge in [-0.1, -0.05) is 34.1 Å². The molecule has 1 aromatic heterocycles. The summed E-state index contributed by atoms with van der Waals surface area (Å²) in [6, 6.07) is 2.07. The highest BCUT2D eigenvalue weighted by Crippen LogP contribution is 2.20. The zero-order chi connectivity index (χ0) is 12.9. The van der Waals surface area contributed by atoms with Crippen LogP contribution in [-0.2, 0) is 12.8 Å². The van der Waals surface area contributed by atoms with Crippen LogP contribution >= 0.6 is 0 Å². The fourth-order valence-corrected chi connectivity index (χ4v) is 1.76. The number of rotatable bonds is 5. The molecule has 0 unspecified atom stereocenters. The SMILES string of the molecule is CCCc1cc(NCC)nc(CC(C)(C)C)n1. The van der Waals surface area contributed by atoms with Crippen LogP contribution in [0, 0.1) is 5.41 Å². The summed E-state index contributed by atoms with van der Waals surface area (Å²) >= 11 is 0. The van der Waals surface area contributed by atoms with Crippen molar-refractivity contribution in [2.24, 2.45) is 5.41 Å². The molecule has 0 saturated carbocycles. The molecule has 0 radical (unpaired) electrons. The van der Waals surface area contributed by atoms with Gasteiger partial charge >= 0.3 is 0 Å². The van der Waals surface area contributed by atoms with Crippen LogP contribution in [0.25, 0.3) is 0 Å². The van der Waals surface area contributed by atoms with Crippen LogP contribution in [0.1, 0.15) is 52.6 Å². The molecule has 17 heavy (non-hydrogen) atoms. The number of nitrogens with zero attached hydrogens (tertiary/aromatic N) is 2. The summed E-state index contributed by atoms with van der Waals surface area (Å²) in [5, 5.41) is 3.28. The first-order chi connectivity index (χ1) is 7.94. The van der Waals surface area contributed by atoms with E-state index in [0.29, 0.717) is 0 Å². The van der Waals surface area contributed by atoms with Gasteiger partial charge in [0.15, 0.2) is 0 Å². The van der Waals surface area contributed by atoms with Gasteiger partial charge < -0.3 is 5.32 Å². The van der Waals surface area contributed by atoms with E-state index in [1.165, 1.54) is 0 Å². The van der Waals surface area contributed by atoms with Crippen molar-refractivity contribution < 1.29 is 0 Å². The third-order valence-electron chi connectivity index (χ3n) is 2.38. The Bertz CT molecular complexity index is 329. The quantitative estimate of drug-likeness (QED) is 0.849. The molecule has 0 aromatic carbocycles. The molecule has 0 spiro atoms. The first kappa shape index (κ1) is 13.9. The summed E-state index contributed by atoms with van der Waals surface area (Å²) in [6.07, 6.45) is 3.07. The van der Waals surface area contributed by atoms with Crippen LogP contribution < -0.4 is 5.32 Å². The molecule has 3 heteroatoms. The standard InChI is InChI=1S/C14H25N3/c1-6-8-11-9-12(15-7-2)17-13(16-11)10-14(3,4)5/h9H,6-8,10H2,1-5H3,(H,15,16,17). The smallest absolute Gasteiger partial charge is 0.131 e. The maximum Gasteiger partial charge on any atom is 0.131 e. The minimum Gasteiger partial charge on any atom is -0.370 e. The van der Waals surface area contributed by atoms with Crippen LogP contribution in [0.5, 0.6) is 0 Å². The Kier molecular flexibility index (Phi) is 4.91. The second-order valence-corrected chi connectivity index (χ2v) is 5.68. The van der Waals surface area contributed by atoms with Crippen molar-refractivity contribution in [1.29, 1.82) is 0 Å². The zero-order valence-corrected chi connectivity index (χ0v) is 11.8. The Hall–Kier alpha value is -1.12. The molecule has 0 fully saturated rings. The molecule has 0 aliphatic heterocycles. The predicted octanol–water partition coefficient (Wildman–Crippen LogP) is 3.45. The van der Waals surface area contributed by atoms with Crippen molar-refractivity contribution in [1.82, 2.24) is 9.97 Å². The second kappa shape index (κ2) is 5.99. The number of hydrogen-bond donors (Lipinski definition) is 1. The number of anilines is 1. The normalized spacial score (nSPS) is 11.6. The van der Waals surface area contributed by atoms with Gasteiger partial charge in [-0.05, 0) is 18.8 Å². The fourth-order valence-electron chi connectivity index (χ4n) is 1.76. The Morgan fingerprint density at radius 3 is 2.41 bits per heavy atom. The monoisotopic (exact) mass is 235 g/mol. The van der Waals surface area contributed by atoms with Gasteiger partial charge in [0, 0.05) is 24.7 Å². The molecule has 0 bridgehead atoms. The van der Waals surface area contributed by atoms with Crippen molar-refractivity contribution >= 4 is 5.82 Å². The second-order valence-electron chi connectivity index (χ2n) is 5.68. The molecule has 0 atom stereocenters. The van der Waals surface area contributed by atoms with Crippen LogP contribution in [0.2, 0.25) is 0 Å². The summed E-state index contributed by atoms with van der Waals surface area (Å²) in [5.41, 5.74) is 1.38. The maximum absolute atomic E-state index is 4.64. The van der Waals surface area contributed by atoms with Crippen molar-refractivity contribution in [3.8, 4) is 0 Å². The average Bonchev–Trinajstić information content (AvgIpc) is 2.15. The molecular formula is C14H25N3. The van der Waals surface area contributed by atoms with E-state index in [1.54, 1.807) is 0 Å². The first-order valence-corrected chi connectivity index (χ1v) is 6.55. The van der Waals surface area contributed by atoms with Gasteiger partial charge in [0.05, 0.1) is 0 Å². The lowest BCUT2D eigenvalue weighted by Crippen LogP contribution is -2.14. The van der Waals surface area contributed by atoms with Crippen molar-refractivity contribution in [2.75, 3.05) is 11.9 Å². The number of aromatic nitrogens is 2. The van der Waals surface area contributed by atoms with E-state index in [2.05, 4.69) is 56.0 Å². The van der Waals surface area contributed by atoms with Crippen molar-refractivity contribution in [3.05, 3.63) is 17.6 Å². The minimum absolute atomic E-state index is 0.230. The van der Waals surface area contributed by atoms with E-state index < -0.39 is 0 Å². The van der Waals surface area contributed by atoms with Gasteiger partial charge in [-0.25, -0.2) is 9.97 Å². The van der Waals surface area contributed by atoms with E-state index in [1.807, 2.05) is 0 Å². The summed E-state index contributed by atoms with van der Waals surface area (Å²) < 4.78 is 0. The van der Waals surface area contributed by atoms with E-state index in [0.717, 1.165) is 43.1 Å².